The molecule has 1 amide bonds. The second-order valence-corrected chi connectivity index (χ2v) is 3.49. The minimum atomic E-state index is -0.246. The number of amides is 1. The van der Waals surface area contributed by atoms with E-state index in [4.69, 9.17) is 4.74 Å². The standard InChI is InChI=1S/C11H12N4O2/c1-7-3-5-8(6-4-7)9(16)12-10-13-11(17-2)15-14-10/h3-6H,1-2H3,(H2,12,13,14,15,16). The van der Waals surface area contributed by atoms with Gasteiger partial charge in [0.2, 0.25) is 5.95 Å². The van der Waals surface area contributed by atoms with Gasteiger partial charge in [-0.1, -0.05) is 17.7 Å². The lowest BCUT2D eigenvalue weighted by atomic mass is 10.1. The SMILES string of the molecule is COc1n[nH]c(NC(=O)c2ccc(C)cc2)n1. The largest absolute Gasteiger partial charge is 0.466 e. The van der Waals surface area contributed by atoms with Gasteiger partial charge < -0.3 is 4.74 Å². The van der Waals surface area contributed by atoms with Crippen LogP contribution in [-0.2, 0) is 0 Å². The molecule has 1 heterocycles. The van der Waals surface area contributed by atoms with Gasteiger partial charge in [-0.25, -0.2) is 5.10 Å². The first kappa shape index (κ1) is 11.1. The van der Waals surface area contributed by atoms with E-state index >= 15 is 0 Å². The molecular formula is C11H12N4O2. The van der Waals surface area contributed by atoms with Crippen molar-refractivity contribution < 1.29 is 9.53 Å². The molecule has 0 spiro atoms. The van der Waals surface area contributed by atoms with E-state index in [1.165, 1.54) is 7.11 Å². The van der Waals surface area contributed by atoms with E-state index in [1.54, 1.807) is 12.1 Å². The van der Waals surface area contributed by atoms with Crippen molar-refractivity contribution in [3.63, 3.8) is 0 Å². The highest BCUT2D eigenvalue weighted by atomic mass is 16.5. The summed E-state index contributed by atoms with van der Waals surface area (Å²) in [4.78, 5) is 15.7. The summed E-state index contributed by atoms with van der Waals surface area (Å²) in [7, 11) is 1.45. The molecule has 0 atom stereocenters. The predicted molar refractivity (Wildman–Crippen MR) is 62.1 cm³/mol. The maximum atomic E-state index is 11.8. The molecule has 17 heavy (non-hydrogen) atoms. The van der Waals surface area contributed by atoms with Gasteiger partial charge in [-0.2, -0.15) is 4.98 Å². The molecule has 0 aliphatic heterocycles. The van der Waals surface area contributed by atoms with E-state index in [0.29, 0.717) is 5.56 Å². The summed E-state index contributed by atoms with van der Waals surface area (Å²) < 4.78 is 4.79. The van der Waals surface area contributed by atoms with E-state index in [0.717, 1.165) is 5.56 Å². The molecule has 0 bridgehead atoms. The Labute approximate surface area is 98.0 Å². The maximum Gasteiger partial charge on any atom is 0.336 e. The molecule has 2 aromatic rings. The fraction of sp³-hybridized carbons (Fsp3) is 0.182. The van der Waals surface area contributed by atoms with Crippen molar-refractivity contribution in [3.8, 4) is 6.01 Å². The van der Waals surface area contributed by atoms with Crippen molar-refractivity contribution in [1.82, 2.24) is 15.2 Å². The monoisotopic (exact) mass is 232 g/mol. The average molecular weight is 232 g/mol. The first-order valence-electron chi connectivity index (χ1n) is 5.03. The number of rotatable bonds is 3. The molecule has 0 saturated carbocycles. The highest BCUT2D eigenvalue weighted by molar-refractivity contribution is 6.03. The smallest absolute Gasteiger partial charge is 0.336 e. The number of aryl methyl sites for hydroxylation is 1. The number of benzene rings is 1. The van der Waals surface area contributed by atoms with Gasteiger partial charge in [0.15, 0.2) is 0 Å². The molecule has 0 unspecified atom stereocenters. The number of nitrogens with zero attached hydrogens (tertiary/aromatic N) is 2. The molecule has 6 heteroatoms. The lowest BCUT2D eigenvalue weighted by Crippen LogP contribution is -2.12. The number of hydrogen-bond acceptors (Lipinski definition) is 4. The molecular weight excluding hydrogens is 220 g/mol. The van der Waals surface area contributed by atoms with Crippen molar-refractivity contribution >= 4 is 11.9 Å². The number of H-pyrrole nitrogens is 1. The number of ether oxygens (including phenoxy) is 1. The first-order valence-corrected chi connectivity index (χ1v) is 5.03. The third kappa shape index (κ3) is 2.60. The van der Waals surface area contributed by atoms with Gasteiger partial charge in [0.1, 0.15) is 0 Å². The Morgan fingerprint density at radius 1 is 1.35 bits per heavy atom. The molecule has 0 aliphatic carbocycles. The minimum Gasteiger partial charge on any atom is -0.466 e. The number of carbonyl (C=O) groups excluding carboxylic acids is 1. The van der Waals surface area contributed by atoms with Gasteiger partial charge in [-0.15, -0.1) is 5.10 Å². The van der Waals surface area contributed by atoms with Crippen LogP contribution in [-0.4, -0.2) is 28.2 Å². The average Bonchev–Trinajstić information content (AvgIpc) is 2.77. The van der Waals surface area contributed by atoms with Gasteiger partial charge in [-0.3, -0.25) is 10.1 Å². The fourth-order valence-corrected chi connectivity index (χ4v) is 1.28. The zero-order valence-electron chi connectivity index (χ0n) is 9.52. The second kappa shape index (κ2) is 4.65. The van der Waals surface area contributed by atoms with Gasteiger partial charge in [0.25, 0.3) is 5.91 Å². The highest BCUT2D eigenvalue weighted by Crippen LogP contribution is 2.08. The molecule has 2 N–H and O–H groups in total. The number of anilines is 1. The zero-order chi connectivity index (χ0) is 12.3. The topological polar surface area (TPSA) is 79.9 Å². The Morgan fingerprint density at radius 3 is 2.65 bits per heavy atom. The van der Waals surface area contributed by atoms with E-state index in [-0.39, 0.29) is 17.9 Å². The Balaban J connectivity index is 2.08. The molecule has 0 fully saturated rings. The lowest BCUT2D eigenvalue weighted by Gasteiger charge is -2.01. The molecule has 0 saturated heterocycles. The van der Waals surface area contributed by atoms with E-state index < -0.39 is 0 Å². The van der Waals surface area contributed by atoms with Crippen LogP contribution in [0.4, 0.5) is 5.95 Å². The summed E-state index contributed by atoms with van der Waals surface area (Å²) in [5.41, 5.74) is 1.66. The normalized spacial score (nSPS) is 10.0. The van der Waals surface area contributed by atoms with Crippen molar-refractivity contribution in [2.45, 2.75) is 6.92 Å². The molecule has 2 rings (SSSR count). The quantitative estimate of drug-likeness (QED) is 0.837. The third-order valence-corrected chi connectivity index (χ3v) is 2.19. The Morgan fingerprint density at radius 2 is 2.06 bits per heavy atom. The van der Waals surface area contributed by atoms with Crippen molar-refractivity contribution in [2.75, 3.05) is 12.4 Å². The number of methoxy groups -OCH3 is 1. The second-order valence-electron chi connectivity index (χ2n) is 3.49. The van der Waals surface area contributed by atoms with Crippen molar-refractivity contribution in [3.05, 3.63) is 35.4 Å². The number of aromatic amines is 1. The molecule has 1 aromatic heterocycles. The highest BCUT2D eigenvalue weighted by Gasteiger charge is 2.09. The Kier molecular flexibility index (Phi) is 3.04. The van der Waals surface area contributed by atoms with Crippen LogP contribution >= 0.6 is 0 Å². The third-order valence-electron chi connectivity index (χ3n) is 2.19. The van der Waals surface area contributed by atoms with Crippen molar-refractivity contribution in [1.29, 1.82) is 0 Å². The lowest BCUT2D eigenvalue weighted by molar-refractivity contribution is 0.102. The summed E-state index contributed by atoms with van der Waals surface area (Å²) in [6, 6.07) is 7.42. The maximum absolute atomic E-state index is 11.8. The van der Waals surface area contributed by atoms with E-state index in [1.807, 2.05) is 19.1 Å². The first-order chi connectivity index (χ1) is 8.19. The number of hydrogen-bond donors (Lipinski definition) is 2. The van der Waals surface area contributed by atoms with Crippen LogP contribution in [0, 0.1) is 6.92 Å². The predicted octanol–water partition coefficient (Wildman–Crippen LogP) is 1.37. The summed E-state index contributed by atoms with van der Waals surface area (Å²) >= 11 is 0. The summed E-state index contributed by atoms with van der Waals surface area (Å²) in [6.07, 6.45) is 0. The van der Waals surface area contributed by atoms with Crippen LogP contribution in [0.3, 0.4) is 0 Å². The van der Waals surface area contributed by atoms with Gasteiger partial charge in [0.05, 0.1) is 7.11 Å². The van der Waals surface area contributed by atoms with Crippen molar-refractivity contribution in [2.24, 2.45) is 0 Å². The van der Waals surface area contributed by atoms with Gasteiger partial charge in [0, 0.05) is 5.56 Å². The summed E-state index contributed by atoms with van der Waals surface area (Å²) in [6.45, 7) is 1.96. The van der Waals surface area contributed by atoms with Crippen LogP contribution in [0.15, 0.2) is 24.3 Å². The number of carbonyl (C=O) groups is 1. The van der Waals surface area contributed by atoms with Crippen LogP contribution in [0.25, 0.3) is 0 Å². The molecule has 0 aliphatic rings. The number of nitrogens with one attached hydrogen (secondary N) is 2. The molecule has 0 radical (unpaired) electrons. The van der Waals surface area contributed by atoms with Crippen LogP contribution in [0.5, 0.6) is 6.01 Å². The zero-order valence-corrected chi connectivity index (χ0v) is 9.52. The fourth-order valence-electron chi connectivity index (χ4n) is 1.28. The van der Waals surface area contributed by atoms with E-state index in [9.17, 15) is 4.79 Å². The molecule has 6 nitrogen and oxygen atoms in total. The molecule has 1 aromatic carbocycles. The Bertz CT molecular complexity index is 519. The van der Waals surface area contributed by atoms with Crippen LogP contribution in [0.2, 0.25) is 0 Å². The summed E-state index contributed by atoms with van der Waals surface area (Å²) in [5.74, 6) is 0.0104. The minimum absolute atomic E-state index is 0.184. The summed E-state index contributed by atoms with van der Waals surface area (Å²) in [5, 5.41) is 8.86. The Hall–Kier alpha value is -2.37. The molecule has 88 valence electrons. The number of aromatic nitrogens is 3. The van der Waals surface area contributed by atoms with Crippen LogP contribution in [0.1, 0.15) is 15.9 Å². The van der Waals surface area contributed by atoms with Crippen LogP contribution < -0.4 is 10.1 Å². The van der Waals surface area contributed by atoms with E-state index in [2.05, 4.69) is 20.5 Å². The van der Waals surface area contributed by atoms with Gasteiger partial charge in [-0.05, 0) is 19.1 Å². The van der Waals surface area contributed by atoms with Gasteiger partial charge >= 0.3 is 6.01 Å².